The van der Waals surface area contributed by atoms with Crippen LogP contribution in [-0.2, 0) is 44.6 Å². The van der Waals surface area contributed by atoms with Gasteiger partial charge in [0, 0.05) is 71.4 Å². The van der Waals surface area contributed by atoms with E-state index < -0.39 is 0 Å². The molecule has 0 amide bonds. The molecule has 9 nitrogen and oxygen atoms in total. The molecule has 9 heteroatoms. The second-order valence-electron chi connectivity index (χ2n) is 12.5. The third-order valence-corrected chi connectivity index (χ3v) is 8.73. The summed E-state index contributed by atoms with van der Waals surface area (Å²) in [5.41, 5.74) is 18.5. The Morgan fingerprint density at radius 1 is 0.587 bits per heavy atom. The van der Waals surface area contributed by atoms with Gasteiger partial charge >= 0.3 is 0 Å². The number of ketones is 1. The van der Waals surface area contributed by atoms with Crippen LogP contribution in [0.15, 0.2) is 72.8 Å². The standard InChI is InChI=1S/C37H36N2O7/c38-22-3-1-5-25(11-22)45-24-9-7-21(8-10-24)36(40)35-31(13-27-17-41-27)33(15-29-19-43-29)37(46-26-6-2-4-23(39)12-26)34(16-30-20-44-30)32(35)14-28-18-42-28/h1-12,27-30H,13-20,38-39H2. The van der Waals surface area contributed by atoms with Crippen molar-refractivity contribution in [3.8, 4) is 23.0 Å². The minimum Gasteiger partial charge on any atom is -0.457 e. The van der Waals surface area contributed by atoms with Crippen molar-refractivity contribution in [2.45, 2.75) is 50.1 Å². The number of benzene rings is 4. The highest BCUT2D eigenvalue weighted by Crippen LogP contribution is 2.44. The van der Waals surface area contributed by atoms with Crippen LogP contribution in [0.3, 0.4) is 0 Å². The molecule has 4 fully saturated rings. The van der Waals surface area contributed by atoms with Crippen molar-refractivity contribution in [3.63, 3.8) is 0 Å². The Kier molecular flexibility index (Phi) is 7.62. The number of carbonyl (C=O) groups excluding carboxylic acids is 1. The number of hydrogen-bond acceptors (Lipinski definition) is 9. The molecule has 4 aromatic carbocycles. The second kappa shape index (κ2) is 12.1. The van der Waals surface area contributed by atoms with Gasteiger partial charge in [0.15, 0.2) is 5.78 Å². The van der Waals surface area contributed by atoms with E-state index in [-0.39, 0.29) is 30.2 Å². The summed E-state index contributed by atoms with van der Waals surface area (Å²) in [6, 6.07) is 22.0. The van der Waals surface area contributed by atoms with Gasteiger partial charge in [0.25, 0.3) is 0 Å². The van der Waals surface area contributed by atoms with Gasteiger partial charge in [-0.1, -0.05) is 12.1 Å². The summed E-state index contributed by atoms with van der Waals surface area (Å²) in [5.74, 6) is 2.61. The van der Waals surface area contributed by atoms with Crippen molar-refractivity contribution >= 4 is 17.2 Å². The SMILES string of the molecule is Nc1cccc(Oc2ccc(C(=O)c3c(CC4CO4)c(CC4CO4)c(Oc4cccc(N)c4)c(CC4CO4)c3CC3CO3)cc2)c1. The fourth-order valence-corrected chi connectivity index (χ4v) is 6.10. The fourth-order valence-electron chi connectivity index (χ4n) is 6.10. The molecule has 0 aliphatic carbocycles. The van der Waals surface area contributed by atoms with Gasteiger partial charge in [-0.3, -0.25) is 4.79 Å². The average molecular weight is 621 g/mol. The zero-order valence-electron chi connectivity index (χ0n) is 25.4. The highest BCUT2D eigenvalue weighted by atomic mass is 16.6. The highest BCUT2D eigenvalue weighted by molar-refractivity contribution is 6.11. The molecule has 4 saturated heterocycles. The molecule has 8 rings (SSSR count). The Labute approximate surface area is 267 Å². The Morgan fingerprint density at radius 3 is 1.46 bits per heavy atom. The molecule has 4 unspecified atom stereocenters. The first kappa shape index (κ1) is 29.0. The van der Waals surface area contributed by atoms with E-state index in [4.69, 9.17) is 39.9 Å². The second-order valence-corrected chi connectivity index (χ2v) is 12.5. The molecule has 236 valence electrons. The average Bonchev–Trinajstić information content (AvgIpc) is 3.84. The Hall–Kier alpha value is -4.41. The lowest BCUT2D eigenvalue weighted by Gasteiger charge is -2.26. The third-order valence-electron chi connectivity index (χ3n) is 8.73. The van der Waals surface area contributed by atoms with Gasteiger partial charge in [0.05, 0.1) is 50.8 Å². The quantitative estimate of drug-likeness (QED) is 0.107. The minimum atomic E-state index is -0.0479. The molecule has 4 aliphatic rings. The molecule has 46 heavy (non-hydrogen) atoms. The van der Waals surface area contributed by atoms with Crippen LogP contribution in [0.2, 0.25) is 0 Å². The molecular weight excluding hydrogens is 584 g/mol. The summed E-state index contributed by atoms with van der Waals surface area (Å²) in [7, 11) is 0. The van der Waals surface area contributed by atoms with E-state index in [1.807, 2.05) is 66.7 Å². The summed E-state index contributed by atoms with van der Waals surface area (Å²) in [6.07, 6.45) is 2.69. The van der Waals surface area contributed by atoms with Crippen molar-refractivity contribution in [2.75, 3.05) is 37.9 Å². The van der Waals surface area contributed by atoms with Crippen LogP contribution in [0.5, 0.6) is 23.0 Å². The molecule has 0 radical (unpaired) electrons. The number of ether oxygens (including phenoxy) is 6. The third kappa shape index (κ3) is 6.73. The topological polar surface area (TPSA) is 138 Å². The smallest absolute Gasteiger partial charge is 0.193 e. The van der Waals surface area contributed by atoms with Crippen molar-refractivity contribution < 1.29 is 33.2 Å². The number of carbonyl (C=O) groups is 1. The van der Waals surface area contributed by atoms with E-state index in [1.165, 1.54) is 0 Å². The van der Waals surface area contributed by atoms with Crippen LogP contribution in [0.4, 0.5) is 11.4 Å². The van der Waals surface area contributed by atoms with Crippen LogP contribution in [0.1, 0.15) is 38.2 Å². The van der Waals surface area contributed by atoms with Crippen molar-refractivity contribution in [1.29, 1.82) is 0 Å². The summed E-state index contributed by atoms with van der Waals surface area (Å²) in [5, 5.41) is 0. The predicted molar refractivity (Wildman–Crippen MR) is 172 cm³/mol. The highest BCUT2D eigenvalue weighted by Gasteiger charge is 2.39. The summed E-state index contributed by atoms with van der Waals surface area (Å²) >= 11 is 0. The monoisotopic (exact) mass is 620 g/mol. The van der Waals surface area contributed by atoms with Gasteiger partial charge in [-0.25, -0.2) is 0 Å². The number of anilines is 2. The fraction of sp³-hybridized carbons (Fsp3) is 0.324. The summed E-state index contributed by atoms with van der Waals surface area (Å²) in [6.45, 7) is 2.67. The maximum absolute atomic E-state index is 14.8. The maximum Gasteiger partial charge on any atom is 0.193 e. The van der Waals surface area contributed by atoms with Crippen LogP contribution in [-0.4, -0.2) is 56.6 Å². The lowest BCUT2D eigenvalue weighted by atomic mass is 9.80. The van der Waals surface area contributed by atoms with Gasteiger partial charge in [-0.05, 0) is 59.7 Å². The van der Waals surface area contributed by atoms with E-state index in [9.17, 15) is 4.79 Å². The first-order valence-corrected chi connectivity index (χ1v) is 15.8. The number of rotatable bonds is 14. The number of nitrogen functional groups attached to an aromatic ring is 2. The molecule has 0 spiro atoms. The van der Waals surface area contributed by atoms with Crippen LogP contribution < -0.4 is 20.9 Å². The first-order chi connectivity index (χ1) is 22.5. The minimum absolute atomic E-state index is 0.0439. The summed E-state index contributed by atoms with van der Waals surface area (Å²) in [4.78, 5) is 14.8. The molecule has 4 N–H and O–H groups in total. The maximum atomic E-state index is 14.8. The van der Waals surface area contributed by atoms with Crippen molar-refractivity contribution in [1.82, 2.24) is 0 Å². The number of epoxide rings is 4. The zero-order chi connectivity index (χ0) is 31.2. The van der Waals surface area contributed by atoms with Crippen molar-refractivity contribution in [2.24, 2.45) is 0 Å². The molecule has 4 heterocycles. The molecular formula is C37H36N2O7. The normalized spacial score (nSPS) is 22.3. The largest absolute Gasteiger partial charge is 0.457 e. The van der Waals surface area contributed by atoms with Gasteiger partial charge in [-0.15, -0.1) is 0 Å². The van der Waals surface area contributed by atoms with Crippen LogP contribution in [0.25, 0.3) is 0 Å². The predicted octanol–water partition coefficient (Wildman–Crippen LogP) is 5.43. The Balaban J connectivity index is 1.26. The van der Waals surface area contributed by atoms with Crippen molar-refractivity contribution in [3.05, 3.63) is 106 Å². The molecule has 0 saturated carbocycles. The van der Waals surface area contributed by atoms with Crippen LogP contribution in [0, 0.1) is 0 Å². The molecule has 4 aromatic rings. The van der Waals surface area contributed by atoms with E-state index >= 15 is 0 Å². The Bertz CT molecular complexity index is 1720. The first-order valence-electron chi connectivity index (χ1n) is 15.8. The van der Waals surface area contributed by atoms with Gasteiger partial charge in [-0.2, -0.15) is 0 Å². The zero-order valence-corrected chi connectivity index (χ0v) is 25.4. The number of nitrogens with two attached hydrogens (primary N) is 2. The lowest BCUT2D eigenvalue weighted by molar-refractivity contribution is 0.103. The number of hydrogen-bond donors (Lipinski definition) is 2. The molecule has 0 aromatic heterocycles. The van der Waals surface area contributed by atoms with E-state index in [2.05, 4.69) is 0 Å². The van der Waals surface area contributed by atoms with Gasteiger partial charge in [0.2, 0.25) is 0 Å². The van der Waals surface area contributed by atoms with E-state index in [1.54, 1.807) is 6.07 Å². The van der Waals surface area contributed by atoms with Gasteiger partial charge < -0.3 is 39.9 Å². The molecule has 4 atom stereocenters. The van der Waals surface area contributed by atoms with E-state index in [0.29, 0.717) is 91.9 Å². The Morgan fingerprint density at radius 2 is 1.02 bits per heavy atom. The van der Waals surface area contributed by atoms with E-state index in [0.717, 1.165) is 28.0 Å². The van der Waals surface area contributed by atoms with Gasteiger partial charge in [0.1, 0.15) is 23.0 Å². The lowest BCUT2D eigenvalue weighted by Crippen LogP contribution is -2.20. The molecule has 0 bridgehead atoms. The van der Waals surface area contributed by atoms with Crippen LogP contribution >= 0.6 is 0 Å². The molecule has 4 aliphatic heterocycles. The summed E-state index contributed by atoms with van der Waals surface area (Å²) < 4.78 is 35.8.